The van der Waals surface area contributed by atoms with E-state index < -0.39 is 7.38 Å². The van der Waals surface area contributed by atoms with Crippen molar-refractivity contribution in [2.24, 2.45) is 0 Å². The van der Waals surface area contributed by atoms with E-state index in [1.54, 1.807) is 0 Å². The molecule has 0 aliphatic rings. The molecule has 0 nitrogen and oxygen atoms in total. The minimum atomic E-state index is -1.73. The van der Waals surface area contributed by atoms with E-state index in [-0.39, 0.29) is 4.46 Å². The fourth-order valence-corrected chi connectivity index (χ4v) is 0. The van der Waals surface area contributed by atoms with Crippen LogP contribution in [-0.4, -0.2) is 11.8 Å². The molecule has 0 atom stereocenters. The Hall–Kier alpha value is 1.09. The molecule has 0 aromatic carbocycles. The van der Waals surface area contributed by atoms with E-state index in [4.69, 9.17) is 34.3 Å². The Morgan fingerprint density at radius 2 is 1.43 bits per heavy atom. The largest absolute Gasteiger partial charge is 0.185 e. The van der Waals surface area contributed by atoms with Crippen LogP contribution in [0.25, 0.3) is 0 Å². The van der Waals surface area contributed by atoms with Gasteiger partial charge >= 0.3 is 0 Å². The highest BCUT2D eigenvalue weighted by Gasteiger charge is 2.25. The average molecular weight is 178 g/mol. The minimum absolute atomic E-state index is 0.353. The molecule has 0 fully saturated rings. The molecule has 0 aliphatic heterocycles. The number of rotatable bonds is 1. The van der Waals surface area contributed by atoms with Crippen LogP contribution in [0, 0.1) is 0 Å². The molecule has 0 rings (SSSR count). The molecule has 4 heteroatoms. The maximum absolute atomic E-state index is 5.74. The summed E-state index contributed by atoms with van der Waals surface area (Å²) in [6, 6.07) is 0. The quantitative estimate of drug-likeness (QED) is 0.328. The first kappa shape index (κ1) is 8.09. The van der Waals surface area contributed by atoms with Gasteiger partial charge < -0.3 is 0 Å². The molecule has 0 aromatic rings. The molecule has 0 spiro atoms. The molecular formula is C3H7Cl3Si. The van der Waals surface area contributed by atoms with Crippen molar-refractivity contribution in [3.8, 4) is 0 Å². The normalized spacial score (nSPS) is 12.9. The van der Waals surface area contributed by atoms with Crippen LogP contribution >= 0.6 is 34.3 Å². The Labute approximate surface area is 59.5 Å². The van der Waals surface area contributed by atoms with Crippen molar-refractivity contribution in [1.29, 1.82) is 0 Å². The molecule has 0 saturated carbocycles. The Morgan fingerprint density at radius 3 is 1.43 bits per heavy atom. The maximum atomic E-state index is 5.74. The summed E-state index contributed by atoms with van der Waals surface area (Å²) >= 11 is 16.6. The van der Waals surface area contributed by atoms with Crippen molar-refractivity contribution in [3.05, 3.63) is 0 Å². The lowest BCUT2D eigenvalue weighted by atomic mass is 11.8. The maximum Gasteiger partial charge on any atom is 0.185 e. The predicted molar refractivity (Wildman–Crippen MR) is 38.8 cm³/mol. The second-order valence-electron chi connectivity index (χ2n) is 1.87. The van der Waals surface area contributed by atoms with Gasteiger partial charge in [-0.15, -0.1) is 23.2 Å². The highest BCUT2D eigenvalue weighted by Crippen LogP contribution is 2.21. The molecule has 44 valence electrons. The number of hydrogen-bond donors (Lipinski definition) is 0. The average Bonchev–Trinajstić information content (AvgIpc) is 1.31. The summed E-state index contributed by atoms with van der Waals surface area (Å²) in [5, 5.41) is 0. The van der Waals surface area contributed by atoms with Gasteiger partial charge in [-0.05, 0) is 0 Å². The van der Waals surface area contributed by atoms with Gasteiger partial charge in [0.2, 0.25) is 0 Å². The predicted octanol–water partition coefficient (Wildman–Crippen LogP) is 2.77. The highest BCUT2D eigenvalue weighted by atomic mass is 35.6. The van der Waals surface area contributed by atoms with Crippen molar-refractivity contribution < 1.29 is 0 Å². The monoisotopic (exact) mass is 176 g/mol. The Balaban J connectivity index is 3.54. The van der Waals surface area contributed by atoms with Crippen LogP contribution in [0.1, 0.15) is 0 Å². The zero-order valence-electron chi connectivity index (χ0n) is 4.21. The van der Waals surface area contributed by atoms with E-state index >= 15 is 0 Å². The summed E-state index contributed by atoms with van der Waals surface area (Å²) < 4.78 is -0.353. The molecule has 0 bridgehead atoms. The Kier molecular flexibility index (Phi) is 2.98. The lowest BCUT2D eigenvalue weighted by molar-refractivity contribution is 1.70. The fourth-order valence-electron chi connectivity index (χ4n) is 0. The molecule has 7 heavy (non-hydrogen) atoms. The van der Waals surface area contributed by atoms with Crippen molar-refractivity contribution in [1.82, 2.24) is 0 Å². The van der Waals surface area contributed by atoms with E-state index in [1.165, 1.54) is 0 Å². The minimum Gasteiger partial charge on any atom is -0.165 e. The molecule has 0 saturated heterocycles. The summed E-state index contributed by atoms with van der Waals surface area (Å²) in [5.41, 5.74) is 0. The van der Waals surface area contributed by atoms with Gasteiger partial charge in [0.15, 0.2) is 7.38 Å². The second-order valence-corrected chi connectivity index (χ2v) is 10.3. The van der Waals surface area contributed by atoms with Crippen LogP contribution in [0.3, 0.4) is 0 Å². The molecule has 0 heterocycles. The second kappa shape index (κ2) is 2.58. The van der Waals surface area contributed by atoms with E-state index in [1.807, 2.05) is 13.1 Å². The SMILES string of the molecule is C[Si](C)(Cl)C(Cl)Cl. The van der Waals surface area contributed by atoms with Gasteiger partial charge in [0.1, 0.15) is 4.46 Å². The fraction of sp³-hybridized carbons (Fsp3) is 1.00. The molecule has 0 amide bonds. The summed E-state index contributed by atoms with van der Waals surface area (Å²) in [5.74, 6) is 0. The number of alkyl halides is 2. The molecule has 0 aliphatic carbocycles. The van der Waals surface area contributed by atoms with Gasteiger partial charge in [-0.2, -0.15) is 11.1 Å². The highest BCUT2D eigenvalue weighted by molar-refractivity contribution is 7.24. The Morgan fingerprint density at radius 1 is 1.29 bits per heavy atom. The Bertz CT molecular complexity index is 55.7. The topological polar surface area (TPSA) is 0 Å². The van der Waals surface area contributed by atoms with Gasteiger partial charge in [-0.1, -0.05) is 13.1 Å². The summed E-state index contributed by atoms with van der Waals surface area (Å²) in [7, 11) is -1.73. The van der Waals surface area contributed by atoms with Crippen LogP contribution in [0.2, 0.25) is 13.1 Å². The van der Waals surface area contributed by atoms with Gasteiger partial charge in [-0.25, -0.2) is 0 Å². The van der Waals surface area contributed by atoms with E-state index in [9.17, 15) is 0 Å². The molecule has 0 N–H and O–H groups in total. The third-order valence-corrected chi connectivity index (χ3v) is 6.15. The van der Waals surface area contributed by atoms with Crippen molar-refractivity contribution in [2.45, 2.75) is 17.6 Å². The third-order valence-electron chi connectivity index (χ3n) is 0.519. The third kappa shape index (κ3) is 3.65. The van der Waals surface area contributed by atoms with Gasteiger partial charge in [0, 0.05) is 0 Å². The molecular weight excluding hydrogens is 170 g/mol. The van der Waals surface area contributed by atoms with Gasteiger partial charge in [-0.3, -0.25) is 0 Å². The van der Waals surface area contributed by atoms with E-state index in [0.717, 1.165) is 0 Å². The zero-order chi connectivity index (χ0) is 6.08. The first-order chi connectivity index (χ1) is 2.94. The lowest BCUT2D eigenvalue weighted by Crippen LogP contribution is -2.26. The van der Waals surface area contributed by atoms with Crippen LogP contribution in [0.15, 0.2) is 0 Å². The summed E-state index contributed by atoms with van der Waals surface area (Å²) in [6.07, 6.45) is 0. The lowest BCUT2D eigenvalue weighted by Gasteiger charge is -2.11. The summed E-state index contributed by atoms with van der Waals surface area (Å²) in [4.78, 5) is 0. The smallest absolute Gasteiger partial charge is 0.165 e. The number of halogens is 3. The zero-order valence-corrected chi connectivity index (χ0v) is 7.48. The van der Waals surface area contributed by atoms with E-state index in [0.29, 0.717) is 0 Å². The standard InChI is InChI=1S/C3H7Cl3Si/c1-7(2,6)3(4)5/h3H,1-2H3. The first-order valence-corrected chi connectivity index (χ1v) is 6.88. The van der Waals surface area contributed by atoms with Crippen LogP contribution in [0.5, 0.6) is 0 Å². The number of hydrogen-bond acceptors (Lipinski definition) is 0. The van der Waals surface area contributed by atoms with Crippen LogP contribution in [-0.2, 0) is 0 Å². The van der Waals surface area contributed by atoms with Crippen LogP contribution < -0.4 is 0 Å². The molecule has 0 radical (unpaired) electrons. The first-order valence-electron chi connectivity index (χ1n) is 1.91. The molecule has 0 aromatic heterocycles. The van der Waals surface area contributed by atoms with Crippen molar-refractivity contribution >= 4 is 41.7 Å². The molecule has 0 unspecified atom stereocenters. The van der Waals surface area contributed by atoms with Gasteiger partial charge in [0.25, 0.3) is 0 Å². The van der Waals surface area contributed by atoms with Gasteiger partial charge in [0.05, 0.1) is 0 Å². The van der Waals surface area contributed by atoms with Crippen LogP contribution in [0.4, 0.5) is 0 Å². The summed E-state index contributed by atoms with van der Waals surface area (Å²) in [6.45, 7) is 3.80. The van der Waals surface area contributed by atoms with Crippen molar-refractivity contribution in [3.63, 3.8) is 0 Å². The van der Waals surface area contributed by atoms with Crippen molar-refractivity contribution in [2.75, 3.05) is 0 Å². The van der Waals surface area contributed by atoms with E-state index in [2.05, 4.69) is 0 Å².